The fraction of sp³-hybridized carbons (Fsp3) is 0.429. The molecule has 1 aromatic carbocycles. The van der Waals surface area contributed by atoms with E-state index in [1.54, 1.807) is 19.1 Å². The van der Waals surface area contributed by atoms with Gasteiger partial charge in [-0.1, -0.05) is 0 Å². The first-order valence-electron chi connectivity index (χ1n) is 6.42. The predicted octanol–water partition coefficient (Wildman–Crippen LogP) is 1.44. The van der Waals surface area contributed by atoms with Crippen LogP contribution in [-0.4, -0.2) is 48.1 Å². The number of benzene rings is 1. The van der Waals surface area contributed by atoms with Crippen molar-refractivity contribution in [3.8, 4) is 0 Å². The van der Waals surface area contributed by atoms with Gasteiger partial charge in [0.2, 0.25) is 5.91 Å². The number of carbonyl (C=O) groups is 2. The van der Waals surface area contributed by atoms with Gasteiger partial charge in [0.05, 0.1) is 5.56 Å². The van der Waals surface area contributed by atoms with Crippen molar-refractivity contribution >= 4 is 17.6 Å². The molecule has 5 heteroatoms. The largest absolute Gasteiger partial charge is 0.478 e. The van der Waals surface area contributed by atoms with Gasteiger partial charge >= 0.3 is 5.97 Å². The highest BCUT2D eigenvalue weighted by atomic mass is 16.4. The third-order valence-corrected chi connectivity index (χ3v) is 3.42. The lowest BCUT2D eigenvalue weighted by Gasteiger charge is -2.23. The molecule has 0 radical (unpaired) electrons. The Bertz CT molecular complexity index is 470. The summed E-state index contributed by atoms with van der Waals surface area (Å²) >= 11 is 0. The first-order chi connectivity index (χ1) is 9.08. The molecule has 1 aliphatic heterocycles. The van der Waals surface area contributed by atoms with Crippen LogP contribution in [0.3, 0.4) is 0 Å². The average Bonchev–Trinajstić information content (AvgIpc) is 2.64. The zero-order valence-corrected chi connectivity index (χ0v) is 11.0. The maximum absolute atomic E-state index is 11.4. The van der Waals surface area contributed by atoms with E-state index in [2.05, 4.69) is 4.90 Å². The van der Waals surface area contributed by atoms with Crippen molar-refractivity contribution in [1.82, 2.24) is 4.90 Å². The molecular formula is C14H18N2O3. The minimum atomic E-state index is -0.912. The van der Waals surface area contributed by atoms with Crippen LogP contribution >= 0.6 is 0 Å². The molecule has 2 rings (SSSR count). The summed E-state index contributed by atoms with van der Waals surface area (Å²) in [5.41, 5.74) is 1.30. The van der Waals surface area contributed by atoms with Gasteiger partial charge in [0.15, 0.2) is 0 Å². The second-order valence-corrected chi connectivity index (χ2v) is 4.70. The van der Waals surface area contributed by atoms with Crippen LogP contribution in [0.5, 0.6) is 0 Å². The van der Waals surface area contributed by atoms with Crippen LogP contribution in [0, 0.1) is 0 Å². The summed E-state index contributed by atoms with van der Waals surface area (Å²) in [4.78, 5) is 26.2. The summed E-state index contributed by atoms with van der Waals surface area (Å²) in [6.45, 7) is 4.77. The minimum absolute atomic E-state index is 0.114. The monoisotopic (exact) mass is 262 g/mol. The number of carboxylic acid groups (broad SMARTS) is 1. The second kappa shape index (κ2) is 5.73. The van der Waals surface area contributed by atoms with Crippen molar-refractivity contribution in [2.45, 2.75) is 13.3 Å². The molecule has 102 valence electrons. The molecule has 0 saturated carbocycles. The SMILES string of the molecule is CC(=O)N1CCCN(c2ccc(C(=O)O)cc2)CC1. The van der Waals surface area contributed by atoms with Gasteiger partial charge in [0, 0.05) is 38.8 Å². The highest BCUT2D eigenvalue weighted by molar-refractivity contribution is 5.88. The van der Waals surface area contributed by atoms with Crippen molar-refractivity contribution in [2.75, 3.05) is 31.1 Å². The van der Waals surface area contributed by atoms with Gasteiger partial charge in [0.1, 0.15) is 0 Å². The maximum Gasteiger partial charge on any atom is 0.335 e. The molecule has 1 aromatic rings. The average molecular weight is 262 g/mol. The molecule has 0 atom stereocenters. The quantitative estimate of drug-likeness (QED) is 0.876. The number of hydrogen-bond acceptors (Lipinski definition) is 3. The fourth-order valence-electron chi connectivity index (χ4n) is 2.31. The second-order valence-electron chi connectivity index (χ2n) is 4.70. The van der Waals surface area contributed by atoms with Crippen LogP contribution in [0.1, 0.15) is 23.7 Å². The fourth-order valence-corrected chi connectivity index (χ4v) is 2.31. The predicted molar refractivity (Wildman–Crippen MR) is 72.5 cm³/mol. The maximum atomic E-state index is 11.4. The Morgan fingerprint density at radius 3 is 2.32 bits per heavy atom. The Kier molecular flexibility index (Phi) is 4.04. The number of nitrogens with zero attached hydrogens (tertiary/aromatic N) is 2. The van der Waals surface area contributed by atoms with E-state index in [1.165, 1.54) is 0 Å². The van der Waals surface area contributed by atoms with Crippen molar-refractivity contribution in [3.63, 3.8) is 0 Å². The normalized spacial score (nSPS) is 16.1. The first-order valence-corrected chi connectivity index (χ1v) is 6.42. The van der Waals surface area contributed by atoms with E-state index in [9.17, 15) is 9.59 Å². The number of hydrogen-bond donors (Lipinski definition) is 1. The van der Waals surface area contributed by atoms with E-state index in [-0.39, 0.29) is 5.91 Å². The number of rotatable bonds is 2. The van der Waals surface area contributed by atoms with Crippen molar-refractivity contribution < 1.29 is 14.7 Å². The molecule has 1 N–H and O–H groups in total. The standard InChI is InChI=1S/C14H18N2O3/c1-11(17)15-7-2-8-16(10-9-15)13-5-3-12(4-6-13)14(18)19/h3-6H,2,7-10H2,1H3,(H,18,19). The first kappa shape index (κ1) is 13.4. The number of aromatic carboxylic acids is 1. The Labute approximate surface area is 112 Å². The molecule has 0 spiro atoms. The summed E-state index contributed by atoms with van der Waals surface area (Å²) in [7, 11) is 0. The van der Waals surface area contributed by atoms with Crippen molar-refractivity contribution in [3.05, 3.63) is 29.8 Å². The number of carboxylic acids is 1. The summed E-state index contributed by atoms with van der Waals surface area (Å²) in [5.74, 6) is -0.798. The summed E-state index contributed by atoms with van der Waals surface area (Å²) in [5, 5.41) is 8.87. The zero-order chi connectivity index (χ0) is 13.8. The van der Waals surface area contributed by atoms with Crippen LogP contribution in [-0.2, 0) is 4.79 Å². The summed E-state index contributed by atoms with van der Waals surface area (Å²) in [6, 6.07) is 6.89. The highest BCUT2D eigenvalue weighted by Crippen LogP contribution is 2.17. The molecule has 0 unspecified atom stereocenters. The van der Waals surface area contributed by atoms with Gasteiger partial charge in [-0.05, 0) is 30.7 Å². The molecule has 0 aromatic heterocycles. The smallest absolute Gasteiger partial charge is 0.335 e. The van der Waals surface area contributed by atoms with Crippen LogP contribution in [0.15, 0.2) is 24.3 Å². The van der Waals surface area contributed by atoms with Gasteiger partial charge in [-0.15, -0.1) is 0 Å². The zero-order valence-electron chi connectivity index (χ0n) is 11.0. The number of amides is 1. The van der Waals surface area contributed by atoms with Gasteiger partial charge in [-0.3, -0.25) is 4.79 Å². The molecule has 0 aliphatic carbocycles. The van der Waals surface area contributed by atoms with Crippen LogP contribution in [0.25, 0.3) is 0 Å². The highest BCUT2D eigenvalue weighted by Gasteiger charge is 2.16. The Hall–Kier alpha value is -2.04. The molecule has 5 nitrogen and oxygen atoms in total. The van der Waals surface area contributed by atoms with Crippen LogP contribution < -0.4 is 4.90 Å². The topological polar surface area (TPSA) is 60.9 Å². The summed E-state index contributed by atoms with van der Waals surface area (Å²) in [6.07, 6.45) is 0.931. The minimum Gasteiger partial charge on any atom is -0.478 e. The van der Waals surface area contributed by atoms with Crippen molar-refractivity contribution in [1.29, 1.82) is 0 Å². The van der Waals surface area contributed by atoms with Gasteiger partial charge in [-0.2, -0.15) is 0 Å². The lowest BCUT2D eigenvalue weighted by Crippen LogP contribution is -2.33. The Morgan fingerprint density at radius 2 is 1.74 bits per heavy atom. The van der Waals surface area contributed by atoms with E-state index in [0.29, 0.717) is 5.56 Å². The third-order valence-electron chi connectivity index (χ3n) is 3.42. The molecule has 1 heterocycles. The lowest BCUT2D eigenvalue weighted by atomic mass is 10.2. The van der Waals surface area contributed by atoms with E-state index >= 15 is 0 Å². The van der Waals surface area contributed by atoms with E-state index in [4.69, 9.17) is 5.11 Å². The molecule has 1 saturated heterocycles. The van der Waals surface area contributed by atoms with E-state index < -0.39 is 5.97 Å². The summed E-state index contributed by atoms with van der Waals surface area (Å²) < 4.78 is 0. The molecule has 1 amide bonds. The molecule has 19 heavy (non-hydrogen) atoms. The number of carbonyl (C=O) groups excluding carboxylic acids is 1. The molecule has 1 fully saturated rings. The third kappa shape index (κ3) is 3.24. The van der Waals surface area contributed by atoms with E-state index in [0.717, 1.165) is 38.3 Å². The Balaban J connectivity index is 2.05. The van der Waals surface area contributed by atoms with Crippen LogP contribution in [0.2, 0.25) is 0 Å². The van der Waals surface area contributed by atoms with E-state index in [1.807, 2.05) is 17.0 Å². The van der Waals surface area contributed by atoms with Gasteiger partial charge in [0.25, 0.3) is 0 Å². The van der Waals surface area contributed by atoms with Crippen LogP contribution in [0.4, 0.5) is 5.69 Å². The van der Waals surface area contributed by atoms with Gasteiger partial charge < -0.3 is 14.9 Å². The Morgan fingerprint density at radius 1 is 1.05 bits per heavy atom. The van der Waals surface area contributed by atoms with Gasteiger partial charge in [-0.25, -0.2) is 4.79 Å². The van der Waals surface area contributed by atoms with Crippen molar-refractivity contribution in [2.24, 2.45) is 0 Å². The molecule has 1 aliphatic rings. The molecular weight excluding hydrogens is 244 g/mol. The number of anilines is 1. The molecule has 0 bridgehead atoms. The lowest BCUT2D eigenvalue weighted by molar-refractivity contribution is -0.128.